The fraction of sp³-hybridized carbons (Fsp3) is 0.286. The molecular weight excluding hydrogens is 308 g/mol. The Morgan fingerprint density at radius 2 is 2.23 bits per heavy atom. The number of methoxy groups -OCH3 is 2. The van der Waals surface area contributed by atoms with E-state index in [0.29, 0.717) is 40.9 Å². The summed E-state index contributed by atoms with van der Waals surface area (Å²) in [5, 5.41) is 7.15. The number of hydrogen-bond acceptors (Lipinski definition) is 5. The molecule has 0 bridgehead atoms. The van der Waals surface area contributed by atoms with Gasteiger partial charge in [-0.3, -0.25) is 9.48 Å². The molecule has 1 aromatic heterocycles. The van der Waals surface area contributed by atoms with Crippen LogP contribution in [0.25, 0.3) is 0 Å². The third-order valence-electron chi connectivity index (χ3n) is 2.98. The summed E-state index contributed by atoms with van der Waals surface area (Å²) in [5.41, 5.74) is 6.91. The minimum absolute atomic E-state index is 0.293. The molecule has 3 N–H and O–H groups in total. The lowest BCUT2D eigenvalue weighted by Gasteiger charge is -2.10. The summed E-state index contributed by atoms with van der Waals surface area (Å²) in [5.74, 6) is -0.00350. The van der Waals surface area contributed by atoms with E-state index in [1.807, 2.05) is 0 Å². The Kier molecular flexibility index (Phi) is 5.24. The van der Waals surface area contributed by atoms with Gasteiger partial charge in [0.25, 0.3) is 5.91 Å². The van der Waals surface area contributed by atoms with Crippen LogP contribution in [0.5, 0.6) is 5.75 Å². The number of benzene rings is 1. The summed E-state index contributed by atoms with van der Waals surface area (Å²) in [6.07, 6.45) is 3.27. The largest absolute Gasteiger partial charge is 0.496 e. The number of rotatable bonds is 6. The van der Waals surface area contributed by atoms with Crippen LogP contribution in [0.15, 0.2) is 24.5 Å². The highest BCUT2D eigenvalue weighted by molar-refractivity contribution is 6.33. The maximum absolute atomic E-state index is 12.3. The SMILES string of the molecule is COCCn1cc(NC(=O)c2cc(Cl)c(N)cc2OC)cn1. The molecule has 0 atom stereocenters. The second kappa shape index (κ2) is 7.15. The number of nitrogen functional groups attached to an aromatic ring is 1. The number of anilines is 2. The fourth-order valence-electron chi connectivity index (χ4n) is 1.85. The molecule has 1 amide bonds. The molecule has 0 unspecified atom stereocenters. The summed E-state index contributed by atoms with van der Waals surface area (Å²) in [4.78, 5) is 12.3. The quantitative estimate of drug-likeness (QED) is 0.793. The third kappa shape index (κ3) is 3.69. The van der Waals surface area contributed by atoms with Gasteiger partial charge in [-0.05, 0) is 6.07 Å². The number of nitrogens with one attached hydrogen (secondary N) is 1. The summed E-state index contributed by atoms with van der Waals surface area (Å²) < 4.78 is 11.8. The highest BCUT2D eigenvalue weighted by Crippen LogP contribution is 2.29. The van der Waals surface area contributed by atoms with Crippen molar-refractivity contribution in [2.24, 2.45) is 0 Å². The molecule has 2 aromatic rings. The van der Waals surface area contributed by atoms with Crippen molar-refractivity contribution in [2.75, 3.05) is 31.9 Å². The van der Waals surface area contributed by atoms with Gasteiger partial charge in [-0.1, -0.05) is 11.6 Å². The monoisotopic (exact) mass is 324 g/mol. The summed E-state index contributed by atoms with van der Waals surface area (Å²) in [7, 11) is 3.07. The summed E-state index contributed by atoms with van der Waals surface area (Å²) in [6, 6.07) is 2.99. The van der Waals surface area contributed by atoms with Crippen molar-refractivity contribution in [3.63, 3.8) is 0 Å². The number of carbonyl (C=O) groups is 1. The number of carbonyl (C=O) groups excluding carboxylic acids is 1. The van der Waals surface area contributed by atoms with E-state index in [1.54, 1.807) is 24.2 Å². The van der Waals surface area contributed by atoms with E-state index in [2.05, 4.69) is 10.4 Å². The minimum atomic E-state index is -0.356. The van der Waals surface area contributed by atoms with Crippen LogP contribution in [0.3, 0.4) is 0 Å². The van der Waals surface area contributed by atoms with Gasteiger partial charge in [0.05, 0.1) is 48.4 Å². The lowest BCUT2D eigenvalue weighted by Crippen LogP contribution is -2.13. The maximum atomic E-state index is 12.3. The van der Waals surface area contributed by atoms with Gasteiger partial charge in [0.15, 0.2) is 0 Å². The van der Waals surface area contributed by atoms with Crippen molar-refractivity contribution in [1.29, 1.82) is 0 Å². The van der Waals surface area contributed by atoms with Gasteiger partial charge in [-0.25, -0.2) is 0 Å². The molecule has 0 fully saturated rings. The maximum Gasteiger partial charge on any atom is 0.259 e. The van der Waals surface area contributed by atoms with Crippen molar-refractivity contribution in [1.82, 2.24) is 9.78 Å². The van der Waals surface area contributed by atoms with E-state index < -0.39 is 0 Å². The first-order valence-corrected chi connectivity index (χ1v) is 6.88. The lowest BCUT2D eigenvalue weighted by atomic mass is 10.1. The van der Waals surface area contributed by atoms with Gasteiger partial charge in [-0.2, -0.15) is 5.10 Å². The first-order chi connectivity index (χ1) is 10.5. The minimum Gasteiger partial charge on any atom is -0.496 e. The second-order valence-corrected chi connectivity index (χ2v) is 4.92. The van der Waals surface area contributed by atoms with Gasteiger partial charge in [0.2, 0.25) is 0 Å². The lowest BCUT2D eigenvalue weighted by molar-refractivity contribution is 0.102. The Morgan fingerprint density at radius 1 is 1.45 bits per heavy atom. The molecule has 0 aliphatic carbocycles. The third-order valence-corrected chi connectivity index (χ3v) is 3.31. The van der Waals surface area contributed by atoms with Crippen molar-refractivity contribution in [2.45, 2.75) is 6.54 Å². The molecule has 8 heteroatoms. The number of halogens is 1. The molecule has 0 aliphatic rings. The van der Waals surface area contributed by atoms with E-state index in [1.165, 1.54) is 19.2 Å². The fourth-order valence-corrected chi connectivity index (χ4v) is 2.01. The number of amides is 1. The van der Waals surface area contributed by atoms with Gasteiger partial charge < -0.3 is 20.5 Å². The normalized spacial score (nSPS) is 10.5. The number of hydrogen-bond donors (Lipinski definition) is 2. The van der Waals surface area contributed by atoms with Crippen molar-refractivity contribution in [3.05, 3.63) is 35.1 Å². The average molecular weight is 325 g/mol. The van der Waals surface area contributed by atoms with Crippen LogP contribution in [0.1, 0.15) is 10.4 Å². The van der Waals surface area contributed by atoms with Crippen molar-refractivity contribution in [3.8, 4) is 5.75 Å². The Morgan fingerprint density at radius 3 is 2.91 bits per heavy atom. The molecule has 0 spiro atoms. The Bertz CT molecular complexity index is 672. The van der Waals surface area contributed by atoms with E-state index in [4.69, 9.17) is 26.8 Å². The molecule has 0 saturated heterocycles. The molecule has 22 heavy (non-hydrogen) atoms. The van der Waals surface area contributed by atoms with Crippen LogP contribution >= 0.6 is 11.6 Å². The van der Waals surface area contributed by atoms with Crippen LogP contribution in [0.4, 0.5) is 11.4 Å². The van der Waals surface area contributed by atoms with E-state index in [9.17, 15) is 4.79 Å². The van der Waals surface area contributed by atoms with Crippen molar-refractivity contribution >= 4 is 28.9 Å². The number of nitrogens with two attached hydrogens (primary N) is 1. The first-order valence-electron chi connectivity index (χ1n) is 6.51. The highest BCUT2D eigenvalue weighted by atomic mass is 35.5. The molecule has 0 saturated carbocycles. The molecule has 1 heterocycles. The summed E-state index contributed by atoms with van der Waals surface area (Å²) >= 11 is 5.96. The van der Waals surface area contributed by atoms with Gasteiger partial charge in [0, 0.05) is 19.4 Å². The second-order valence-electron chi connectivity index (χ2n) is 4.51. The standard InChI is InChI=1S/C14H17ClN4O3/c1-21-4-3-19-8-9(7-17-19)18-14(20)10-5-11(15)12(16)6-13(10)22-2/h5-8H,3-4,16H2,1-2H3,(H,18,20). The zero-order chi connectivity index (χ0) is 16.1. The molecule has 0 aliphatic heterocycles. The van der Waals surface area contributed by atoms with Crippen molar-refractivity contribution < 1.29 is 14.3 Å². The Balaban J connectivity index is 2.15. The van der Waals surface area contributed by atoms with Crippen LogP contribution in [-0.4, -0.2) is 36.5 Å². The average Bonchev–Trinajstić information content (AvgIpc) is 2.94. The molecule has 2 rings (SSSR count). The summed E-state index contributed by atoms with van der Waals surface area (Å²) in [6.45, 7) is 1.14. The van der Waals surface area contributed by atoms with Gasteiger partial charge >= 0.3 is 0 Å². The number of ether oxygens (including phenoxy) is 2. The van der Waals surface area contributed by atoms with Crippen LogP contribution < -0.4 is 15.8 Å². The molecule has 7 nitrogen and oxygen atoms in total. The molecule has 0 radical (unpaired) electrons. The zero-order valence-corrected chi connectivity index (χ0v) is 13.1. The topological polar surface area (TPSA) is 91.4 Å². The molecule has 118 valence electrons. The van der Waals surface area contributed by atoms with Gasteiger partial charge in [0.1, 0.15) is 5.75 Å². The van der Waals surface area contributed by atoms with Crippen LogP contribution in [0.2, 0.25) is 5.02 Å². The Hall–Kier alpha value is -2.25. The highest BCUT2D eigenvalue weighted by Gasteiger charge is 2.15. The predicted octanol–water partition coefficient (Wildman–Crippen LogP) is 2.03. The van der Waals surface area contributed by atoms with Crippen LogP contribution in [-0.2, 0) is 11.3 Å². The molecule has 1 aromatic carbocycles. The Labute approximate surface area is 133 Å². The first kappa shape index (κ1) is 16.1. The number of nitrogens with zero attached hydrogens (tertiary/aromatic N) is 2. The van der Waals surface area contributed by atoms with Gasteiger partial charge in [-0.15, -0.1) is 0 Å². The predicted molar refractivity (Wildman–Crippen MR) is 84.5 cm³/mol. The van der Waals surface area contributed by atoms with Crippen LogP contribution in [0, 0.1) is 0 Å². The van der Waals surface area contributed by atoms with E-state index in [-0.39, 0.29) is 5.91 Å². The number of aromatic nitrogens is 2. The zero-order valence-electron chi connectivity index (χ0n) is 12.3. The molecular formula is C14H17ClN4O3. The van der Waals surface area contributed by atoms with E-state index in [0.717, 1.165) is 0 Å². The van der Waals surface area contributed by atoms with E-state index >= 15 is 0 Å². The smallest absolute Gasteiger partial charge is 0.259 e.